The smallest absolute Gasteiger partial charge is 0.251 e. The highest BCUT2D eigenvalue weighted by Gasteiger charge is 2.38. The first-order chi connectivity index (χ1) is 11.1. The molecule has 0 aliphatic carbocycles. The predicted molar refractivity (Wildman–Crippen MR) is 87.2 cm³/mol. The van der Waals surface area contributed by atoms with Crippen molar-refractivity contribution < 1.29 is 9.59 Å². The number of aromatic nitrogens is 2. The Bertz CT molecular complexity index is 685. The first-order valence-electron chi connectivity index (χ1n) is 7.46. The molecule has 1 aliphatic heterocycles. The number of nitrogens with zero attached hydrogens (tertiary/aromatic N) is 3. The molecule has 120 valence electrons. The number of carbonyl (C=O) groups excluding carboxylic acids is 2. The largest absolute Gasteiger partial charge is 0.337 e. The van der Waals surface area contributed by atoms with Crippen LogP contribution in [-0.2, 0) is 16.1 Å². The van der Waals surface area contributed by atoms with Gasteiger partial charge in [-0.05, 0) is 37.2 Å². The van der Waals surface area contributed by atoms with Gasteiger partial charge in [0.1, 0.15) is 0 Å². The van der Waals surface area contributed by atoms with Crippen LogP contribution in [0.4, 0.5) is 5.69 Å². The van der Waals surface area contributed by atoms with Gasteiger partial charge in [0, 0.05) is 24.0 Å². The highest BCUT2D eigenvalue weighted by atomic mass is 35.5. The zero-order valence-electron chi connectivity index (χ0n) is 12.5. The first-order valence-corrected chi connectivity index (χ1v) is 7.84. The molecule has 0 spiro atoms. The van der Waals surface area contributed by atoms with E-state index in [2.05, 4.69) is 10.3 Å². The van der Waals surface area contributed by atoms with Crippen molar-refractivity contribution >= 4 is 29.1 Å². The maximum absolute atomic E-state index is 12.4. The number of imidazole rings is 1. The lowest BCUT2D eigenvalue weighted by atomic mass is 10.2. The highest BCUT2D eigenvalue weighted by Crippen LogP contribution is 2.24. The number of benzene rings is 1. The van der Waals surface area contributed by atoms with Gasteiger partial charge >= 0.3 is 0 Å². The Morgan fingerprint density at radius 3 is 2.74 bits per heavy atom. The van der Waals surface area contributed by atoms with E-state index in [1.54, 1.807) is 36.8 Å². The third kappa shape index (κ3) is 3.60. The minimum absolute atomic E-state index is 0.187. The lowest BCUT2D eigenvalue weighted by Gasteiger charge is -2.15. The molecule has 1 saturated heterocycles. The van der Waals surface area contributed by atoms with Gasteiger partial charge in [-0.1, -0.05) is 11.6 Å². The third-order valence-electron chi connectivity index (χ3n) is 3.77. The minimum atomic E-state index is -0.457. The molecule has 1 N–H and O–H groups in total. The summed E-state index contributed by atoms with van der Waals surface area (Å²) in [6, 6.07) is 6.24. The number of rotatable bonds is 6. The molecule has 1 aromatic heterocycles. The highest BCUT2D eigenvalue weighted by molar-refractivity contribution is 6.30. The second-order valence-electron chi connectivity index (χ2n) is 5.41. The van der Waals surface area contributed by atoms with Crippen LogP contribution in [0.5, 0.6) is 0 Å². The molecule has 2 amide bonds. The molecule has 0 unspecified atom stereocenters. The number of hydrogen-bond donors (Lipinski definition) is 1. The van der Waals surface area contributed by atoms with Gasteiger partial charge in [-0.15, -0.1) is 0 Å². The lowest BCUT2D eigenvalue weighted by molar-refractivity contribution is -0.121. The van der Waals surface area contributed by atoms with Crippen LogP contribution in [0.2, 0.25) is 5.02 Å². The monoisotopic (exact) mass is 332 g/mol. The number of nitrogens with one attached hydrogen (secondary N) is 1. The summed E-state index contributed by atoms with van der Waals surface area (Å²) < 4.78 is 1.98. The van der Waals surface area contributed by atoms with Gasteiger partial charge in [-0.25, -0.2) is 9.88 Å². The van der Waals surface area contributed by atoms with Crippen molar-refractivity contribution in [3.05, 3.63) is 48.0 Å². The van der Waals surface area contributed by atoms with E-state index in [0.717, 1.165) is 13.0 Å². The molecule has 7 heteroatoms. The van der Waals surface area contributed by atoms with Gasteiger partial charge in [0.15, 0.2) is 0 Å². The van der Waals surface area contributed by atoms with Crippen LogP contribution < -0.4 is 10.2 Å². The molecule has 1 aromatic carbocycles. The summed E-state index contributed by atoms with van der Waals surface area (Å²) in [4.78, 5) is 29.7. The van der Waals surface area contributed by atoms with Gasteiger partial charge in [0.05, 0.1) is 24.5 Å². The van der Waals surface area contributed by atoms with Crippen molar-refractivity contribution in [2.75, 3.05) is 11.4 Å². The van der Waals surface area contributed by atoms with Gasteiger partial charge in [-0.2, -0.15) is 0 Å². The van der Waals surface area contributed by atoms with Gasteiger partial charge in [-0.3, -0.25) is 9.59 Å². The van der Waals surface area contributed by atoms with Crippen molar-refractivity contribution in [2.45, 2.75) is 25.4 Å². The van der Waals surface area contributed by atoms with Crippen LogP contribution in [0.15, 0.2) is 43.0 Å². The predicted octanol–water partition coefficient (Wildman–Crippen LogP) is 1.85. The second-order valence-corrected chi connectivity index (χ2v) is 5.85. The van der Waals surface area contributed by atoms with E-state index in [4.69, 9.17) is 11.6 Å². The second kappa shape index (κ2) is 6.93. The van der Waals surface area contributed by atoms with Crippen LogP contribution >= 0.6 is 11.6 Å². The summed E-state index contributed by atoms with van der Waals surface area (Å²) in [5.74, 6) is -0.399. The number of imide groups is 1. The fourth-order valence-electron chi connectivity index (χ4n) is 2.61. The zero-order valence-corrected chi connectivity index (χ0v) is 13.2. The molecule has 2 heterocycles. The maximum Gasteiger partial charge on any atom is 0.251 e. The molecule has 2 aromatic rings. The fourth-order valence-corrected chi connectivity index (χ4v) is 2.74. The van der Waals surface area contributed by atoms with E-state index >= 15 is 0 Å². The molecule has 3 rings (SSSR count). The van der Waals surface area contributed by atoms with Gasteiger partial charge in [0.25, 0.3) is 5.91 Å². The molecular weight excluding hydrogens is 316 g/mol. The standard InChI is InChI=1S/C16H17ClN4O2/c17-12-2-4-13(5-3-12)21-15(22)10-14(16(21)23)19-6-1-8-20-9-7-18-11-20/h2-5,7,9,11,14,19H,1,6,8,10H2/t14-/m0/s1. The fraction of sp³-hybridized carbons (Fsp3) is 0.312. The summed E-state index contributed by atoms with van der Waals surface area (Å²) in [5.41, 5.74) is 0.562. The molecule has 1 fully saturated rings. The topological polar surface area (TPSA) is 67.2 Å². The SMILES string of the molecule is O=C1C[C@H](NCCCn2ccnc2)C(=O)N1c1ccc(Cl)cc1. The average Bonchev–Trinajstić information content (AvgIpc) is 3.14. The summed E-state index contributed by atoms with van der Waals surface area (Å²) in [5, 5.41) is 3.73. The number of halogens is 1. The molecular formula is C16H17ClN4O2. The molecule has 6 nitrogen and oxygen atoms in total. The Kier molecular flexibility index (Phi) is 4.73. The number of amides is 2. The van der Waals surface area contributed by atoms with E-state index in [1.807, 2.05) is 10.8 Å². The quantitative estimate of drug-likeness (QED) is 0.647. The van der Waals surface area contributed by atoms with Crippen LogP contribution in [0, 0.1) is 0 Å². The molecule has 23 heavy (non-hydrogen) atoms. The van der Waals surface area contributed by atoms with E-state index in [1.165, 1.54) is 4.90 Å². The Labute approximate surface area is 139 Å². The number of aryl methyl sites for hydroxylation is 1. The molecule has 1 atom stereocenters. The van der Waals surface area contributed by atoms with Crippen LogP contribution in [0.25, 0.3) is 0 Å². The summed E-state index contributed by atoms with van der Waals surface area (Å²) in [6.45, 7) is 1.49. The third-order valence-corrected chi connectivity index (χ3v) is 4.03. The summed E-state index contributed by atoms with van der Waals surface area (Å²) >= 11 is 5.84. The molecule has 0 radical (unpaired) electrons. The average molecular weight is 333 g/mol. The Balaban J connectivity index is 1.54. The van der Waals surface area contributed by atoms with Crippen molar-refractivity contribution in [3.63, 3.8) is 0 Å². The Morgan fingerprint density at radius 2 is 2.04 bits per heavy atom. The van der Waals surface area contributed by atoms with Crippen molar-refractivity contribution in [3.8, 4) is 0 Å². The Morgan fingerprint density at radius 1 is 1.26 bits per heavy atom. The van der Waals surface area contributed by atoms with E-state index < -0.39 is 6.04 Å². The van der Waals surface area contributed by atoms with Crippen molar-refractivity contribution in [2.24, 2.45) is 0 Å². The van der Waals surface area contributed by atoms with Crippen LogP contribution in [0.1, 0.15) is 12.8 Å². The van der Waals surface area contributed by atoms with Crippen LogP contribution in [-0.4, -0.2) is 34.0 Å². The van der Waals surface area contributed by atoms with E-state index in [9.17, 15) is 9.59 Å². The Hall–Kier alpha value is -2.18. The maximum atomic E-state index is 12.4. The zero-order chi connectivity index (χ0) is 16.2. The molecule has 0 bridgehead atoms. The van der Waals surface area contributed by atoms with Gasteiger partial charge in [0.2, 0.25) is 5.91 Å². The van der Waals surface area contributed by atoms with Crippen molar-refractivity contribution in [1.82, 2.24) is 14.9 Å². The van der Waals surface area contributed by atoms with Crippen LogP contribution in [0.3, 0.4) is 0 Å². The minimum Gasteiger partial charge on any atom is -0.337 e. The summed E-state index contributed by atoms with van der Waals surface area (Å²) in [6.07, 6.45) is 6.43. The number of hydrogen-bond acceptors (Lipinski definition) is 4. The lowest BCUT2D eigenvalue weighted by Crippen LogP contribution is -2.39. The van der Waals surface area contributed by atoms with Crippen molar-refractivity contribution in [1.29, 1.82) is 0 Å². The first kappa shape index (κ1) is 15.7. The molecule has 1 aliphatic rings. The van der Waals surface area contributed by atoms with E-state index in [0.29, 0.717) is 17.3 Å². The summed E-state index contributed by atoms with van der Waals surface area (Å²) in [7, 11) is 0. The molecule has 0 saturated carbocycles. The number of anilines is 1. The number of carbonyl (C=O) groups is 2. The van der Waals surface area contributed by atoms with E-state index in [-0.39, 0.29) is 18.2 Å². The normalized spacial score (nSPS) is 18.0. The van der Waals surface area contributed by atoms with Gasteiger partial charge < -0.3 is 9.88 Å².